The van der Waals surface area contributed by atoms with Gasteiger partial charge in [0.15, 0.2) is 25.0 Å². The van der Waals surface area contributed by atoms with Gasteiger partial charge in [0.25, 0.3) is 0 Å². The van der Waals surface area contributed by atoms with Crippen molar-refractivity contribution in [2.45, 2.75) is 187 Å². The van der Waals surface area contributed by atoms with Crippen LogP contribution in [0.5, 0.6) is 0 Å². The number of methoxy groups -OCH3 is 2. The van der Waals surface area contributed by atoms with Crippen LogP contribution in [0.1, 0.15) is 102 Å². The highest BCUT2D eigenvalue weighted by atomic mass is 28.4. The third kappa shape index (κ3) is 14.2. The van der Waals surface area contributed by atoms with Crippen molar-refractivity contribution in [3.63, 3.8) is 0 Å². The number of carbonyl (C=O) groups excluding carboxylic acids is 1. The molecule has 292 valence electrons. The van der Waals surface area contributed by atoms with Gasteiger partial charge in [0.1, 0.15) is 0 Å². The summed E-state index contributed by atoms with van der Waals surface area (Å²) >= 11 is 0. The quantitative estimate of drug-likeness (QED) is 0.0751. The molecule has 49 heavy (non-hydrogen) atoms. The minimum absolute atomic E-state index is 0.0632. The van der Waals surface area contributed by atoms with Crippen molar-refractivity contribution >= 4 is 30.9 Å². The lowest BCUT2D eigenvalue weighted by Crippen LogP contribution is -2.56. The number of ether oxygens (including phenoxy) is 2. The summed E-state index contributed by atoms with van der Waals surface area (Å²) in [5.74, 6) is -0.0312. The van der Waals surface area contributed by atoms with E-state index in [1.807, 2.05) is 0 Å². The monoisotopic (exact) mass is 748 g/mol. The van der Waals surface area contributed by atoms with Gasteiger partial charge in [0, 0.05) is 32.2 Å². The Labute approximate surface area is 306 Å². The molecule has 0 unspecified atom stereocenters. The van der Waals surface area contributed by atoms with E-state index < -0.39 is 42.5 Å². The lowest BCUT2D eigenvalue weighted by Gasteiger charge is -2.49. The maximum Gasteiger partial charge on any atom is 0.222 e. The van der Waals surface area contributed by atoms with Crippen LogP contribution < -0.4 is 5.32 Å². The third-order valence-electron chi connectivity index (χ3n) is 12.2. The summed E-state index contributed by atoms with van der Waals surface area (Å²) in [6.45, 7) is 40.2. The van der Waals surface area contributed by atoms with Gasteiger partial charge in [0.2, 0.25) is 5.91 Å². The molecule has 2 N–H and O–H groups in total. The summed E-state index contributed by atoms with van der Waals surface area (Å²) in [4.78, 5) is 13.9. The second-order valence-corrected chi connectivity index (χ2v) is 32.2. The van der Waals surface area contributed by atoms with E-state index in [1.165, 1.54) is 0 Å². The summed E-state index contributed by atoms with van der Waals surface area (Å²) in [5, 5.41) is 13.3. The van der Waals surface area contributed by atoms with Gasteiger partial charge >= 0.3 is 0 Å². The Hall–Kier alpha value is -0.379. The standard InChI is InChI=1S/C38H81NO7Si3/c1-20-24-31(42-14)30(27-40)39-35(41)26-34(45-48(18,19)37(9,10)11)38(12,13)33(46-49(21-2,22-3)23-4)25-32(43-15)29(5)28-44-47(16,17)36(6,7)8/h20,29-34,40H,1,21-28H2,2-19H3,(H,39,41)/t29-,30+,31-,32-,33-,34-/m0/s1. The van der Waals surface area contributed by atoms with Crippen LogP contribution in [0.3, 0.4) is 0 Å². The fourth-order valence-corrected chi connectivity index (χ4v) is 11.3. The summed E-state index contributed by atoms with van der Waals surface area (Å²) in [5.41, 5.74) is -0.558. The highest BCUT2D eigenvalue weighted by molar-refractivity contribution is 6.74. The van der Waals surface area contributed by atoms with Crippen LogP contribution in [0.15, 0.2) is 12.7 Å². The van der Waals surface area contributed by atoms with Crippen LogP contribution in [-0.4, -0.2) is 93.9 Å². The van der Waals surface area contributed by atoms with Crippen molar-refractivity contribution in [2.24, 2.45) is 11.3 Å². The van der Waals surface area contributed by atoms with E-state index >= 15 is 0 Å². The molecule has 0 heterocycles. The Morgan fingerprint density at radius 2 is 1.31 bits per heavy atom. The smallest absolute Gasteiger partial charge is 0.222 e. The van der Waals surface area contributed by atoms with E-state index in [1.54, 1.807) is 20.3 Å². The van der Waals surface area contributed by atoms with E-state index in [9.17, 15) is 9.90 Å². The summed E-state index contributed by atoms with van der Waals surface area (Å²) < 4.78 is 33.2. The number of nitrogens with one attached hydrogen (secondary N) is 1. The molecule has 0 aromatic rings. The molecule has 11 heteroatoms. The average molecular weight is 748 g/mol. The Morgan fingerprint density at radius 1 is 0.816 bits per heavy atom. The lowest BCUT2D eigenvalue weighted by molar-refractivity contribution is -0.129. The molecule has 0 saturated heterocycles. The number of rotatable bonds is 24. The predicted octanol–water partition coefficient (Wildman–Crippen LogP) is 9.31. The predicted molar refractivity (Wildman–Crippen MR) is 215 cm³/mol. The Morgan fingerprint density at radius 3 is 1.69 bits per heavy atom. The zero-order chi connectivity index (χ0) is 38.6. The first-order valence-corrected chi connectivity index (χ1v) is 27.2. The number of carbonyl (C=O) groups is 1. The van der Waals surface area contributed by atoms with Crippen LogP contribution in [0.4, 0.5) is 0 Å². The van der Waals surface area contributed by atoms with E-state index in [4.69, 9.17) is 22.8 Å². The molecule has 0 spiro atoms. The number of aliphatic hydroxyl groups is 1. The van der Waals surface area contributed by atoms with Crippen molar-refractivity contribution in [3.05, 3.63) is 12.7 Å². The van der Waals surface area contributed by atoms with Gasteiger partial charge in [-0.2, -0.15) is 0 Å². The fourth-order valence-electron chi connectivity index (χ4n) is 5.72. The van der Waals surface area contributed by atoms with Gasteiger partial charge in [-0.15, -0.1) is 6.58 Å². The minimum atomic E-state index is -2.34. The summed E-state index contributed by atoms with van der Waals surface area (Å²) in [6, 6.07) is 2.49. The molecule has 0 saturated carbocycles. The van der Waals surface area contributed by atoms with E-state index in [0.29, 0.717) is 19.4 Å². The Bertz CT molecular complexity index is 965. The molecule has 0 aliphatic rings. The Kier molecular flexibility index (Phi) is 20.0. The maximum atomic E-state index is 13.9. The van der Waals surface area contributed by atoms with Crippen LogP contribution in [0.25, 0.3) is 0 Å². The molecule has 0 aromatic carbocycles. The van der Waals surface area contributed by atoms with Crippen molar-refractivity contribution in [2.75, 3.05) is 27.4 Å². The number of hydrogen-bond donors (Lipinski definition) is 2. The molecule has 8 nitrogen and oxygen atoms in total. The second kappa shape index (κ2) is 20.2. The van der Waals surface area contributed by atoms with Crippen LogP contribution in [-0.2, 0) is 27.5 Å². The van der Waals surface area contributed by atoms with Gasteiger partial charge < -0.3 is 33.2 Å². The van der Waals surface area contributed by atoms with Gasteiger partial charge in [-0.05, 0) is 67.2 Å². The Balaban J connectivity index is 6.95. The van der Waals surface area contributed by atoms with E-state index in [0.717, 1.165) is 18.1 Å². The molecule has 0 bridgehead atoms. The first-order valence-electron chi connectivity index (χ1n) is 18.8. The van der Waals surface area contributed by atoms with Crippen molar-refractivity contribution in [1.29, 1.82) is 0 Å². The van der Waals surface area contributed by atoms with Crippen molar-refractivity contribution in [3.8, 4) is 0 Å². The zero-order valence-electron chi connectivity index (χ0n) is 35.3. The highest BCUT2D eigenvalue weighted by Crippen LogP contribution is 2.45. The topological polar surface area (TPSA) is 95.5 Å². The molecule has 0 aromatic heterocycles. The molecule has 0 rings (SSSR count). The van der Waals surface area contributed by atoms with Gasteiger partial charge in [-0.3, -0.25) is 4.79 Å². The van der Waals surface area contributed by atoms with Crippen LogP contribution in [0, 0.1) is 11.3 Å². The fraction of sp³-hybridized carbons (Fsp3) is 0.921. The average Bonchev–Trinajstić information content (AvgIpc) is 3.00. The highest BCUT2D eigenvalue weighted by Gasteiger charge is 2.49. The number of amides is 1. The third-order valence-corrected chi connectivity index (χ3v) is 25.8. The molecule has 0 radical (unpaired) electrons. The van der Waals surface area contributed by atoms with E-state index in [2.05, 4.69) is 121 Å². The molecule has 0 fully saturated rings. The molecule has 0 aliphatic carbocycles. The summed E-state index contributed by atoms with van der Waals surface area (Å²) in [7, 11) is -3.01. The first kappa shape index (κ1) is 48.6. The largest absolute Gasteiger partial charge is 0.416 e. The second-order valence-electron chi connectivity index (χ2n) is 18.0. The van der Waals surface area contributed by atoms with Gasteiger partial charge in [-0.25, -0.2) is 0 Å². The van der Waals surface area contributed by atoms with Crippen molar-refractivity contribution in [1.82, 2.24) is 5.32 Å². The van der Waals surface area contributed by atoms with E-state index in [-0.39, 0.29) is 53.2 Å². The number of hydrogen-bond acceptors (Lipinski definition) is 7. The lowest BCUT2D eigenvalue weighted by atomic mass is 9.76. The first-order chi connectivity index (χ1) is 22.3. The molecule has 1 amide bonds. The maximum absolute atomic E-state index is 13.9. The van der Waals surface area contributed by atoms with Crippen LogP contribution >= 0.6 is 0 Å². The van der Waals surface area contributed by atoms with Crippen molar-refractivity contribution < 1.29 is 32.7 Å². The normalized spacial score (nSPS) is 17.6. The van der Waals surface area contributed by atoms with Gasteiger partial charge in [0.05, 0.1) is 43.5 Å². The zero-order valence-corrected chi connectivity index (χ0v) is 38.3. The molecule has 6 atom stereocenters. The van der Waals surface area contributed by atoms with Crippen LogP contribution in [0.2, 0.25) is 54.4 Å². The minimum Gasteiger partial charge on any atom is -0.416 e. The number of aliphatic hydroxyl groups excluding tert-OH is 1. The molecular formula is C38H81NO7Si3. The molecular weight excluding hydrogens is 667 g/mol. The summed E-state index contributed by atoms with van der Waals surface area (Å²) in [6.07, 6.45) is 1.93. The van der Waals surface area contributed by atoms with Gasteiger partial charge in [-0.1, -0.05) is 89.2 Å². The molecule has 0 aliphatic heterocycles. The SMILES string of the molecule is C=CC[C@H](OC)[C@@H](CO)NC(=O)C[C@H](O[Si](C)(C)C(C)(C)C)C(C)(C)[C@H](C[C@H](OC)[C@@H](C)CO[Si](C)(C)C(C)(C)C)O[Si](CC)(CC)CC.